The first kappa shape index (κ1) is 17.5. The van der Waals surface area contributed by atoms with Crippen LogP contribution in [0.5, 0.6) is 0 Å². The first-order chi connectivity index (χ1) is 13.2. The van der Waals surface area contributed by atoms with Gasteiger partial charge in [0, 0.05) is 31.0 Å². The van der Waals surface area contributed by atoms with Gasteiger partial charge in [0.25, 0.3) is 5.91 Å². The molecule has 1 amide bonds. The Kier molecular flexibility index (Phi) is 5.00. The Labute approximate surface area is 158 Å². The van der Waals surface area contributed by atoms with Gasteiger partial charge in [-0.05, 0) is 18.9 Å². The molecule has 1 saturated carbocycles. The monoisotopic (exact) mass is 364 g/mol. The van der Waals surface area contributed by atoms with E-state index in [1.54, 1.807) is 12.5 Å². The maximum atomic E-state index is 12.8. The molecule has 7 heteroatoms. The topological polar surface area (TPSA) is 77.6 Å². The predicted octanol–water partition coefficient (Wildman–Crippen LogP) is 3.11. The lowest BCUT2D eigenvalue weighted by Gasteiger charge is -2.24. The zero-order chi connectivity index (χ0) is 18.6. The molecular formula is C20H24N6O. The van der Waals surface area contributed by atoms with Gasteiger partial charge in [0.1, 0.15) is 12.2 Å². The standard InChI is InChI=1S/C20H24N6O/c1-25-12-11-21-19(25)16-9-5-6-10-17(16)20(27)22-13-18-24-23-14-26(18)15-7-3-2-4-8-15/h5-6,9-12,14-15H,2-4,7-8,13H2,1H3,(H,22,27). The van der Waals surface area contributed by atoms with Gasteiger partial charge in [0.15, 0.2) is 5.82 Å². The van der Waals surface area contributed by atoms with Crippen molar-refractivity contribution in [3.63, 3.8) is 0 Å². The summed E-state index contributed by atoms with van der Waals surface area (Å²) in [6.07, 6.45) is 11.5. The average Bonchev–Trinajstić information content (AvgIpc) is 3.35. The van der Waals surface area contributed by atoms with Crippen LogP contribution in [0, 0.1) is 0 Å². The van der Waals surface area contributed by atoms with Crippen molar-refractivity contribution in [3.8, 4) is 11.4 Å². The van der Waals surface area contributed by atoms with Crippen molar-refractivity contribution in [2.75, 3.05) is 0 Å². The smallest absolute Gasteiger partial charge is 0.252 e. The molecule has 0 saturated heterocycles. The summed E-state index contributed by atoms with van der Waals surface area (Å²) < 4.78 is 4.04. The molecular weight excluding hydrogens is 340 g/mol. The molecule has 0 unspecified atom stereocenters. The minimum Gasteiger partial charge on any atom is -0.345 e. The number of benzene rings is 1. The van der Waals surface area contributed by atoms with Crippen LogP contribution in [-0.4, -0.2) is 30.2 Å². The van der Waals surface area contributed by atoms with Crippen LogP contribution in [0.3, 0.4) is 0 Å². The largest absolute Gasteiger partial charge is 0.345 e. The second kappa shape index (κ2) is 7.73. The number of carbonyl (C=O) groups excluding carboxylic acids is 1. The fourth-order valence-electron chi connectivity index (χ4n) is 3.81. The zero-order valence-electron chi connectivity index (χ0n) is 15.5. The Morgan fingerprint density at radius 3 is 2.81 bits per heavy atom. The van der Waals surface area contributed by atoms with E-state index in [4.69, 9.17) is 0 Å². The first-order valence-corrected chi connectivity index (χ1v) is 9.47. The van der Waals surface area contributed by atoms with Crippen molar-refractivity contribution in [2.24, 2.45) is 7.05 Å². The van der Waals surface area contributed by atoms with Gasteiger partial charge >= 0.3 is 0 Å². The number of hydrogen-bond donors (Lipinski definition) is 1. The molecule has 0 bridgehead atoms. The molecule has 1 fully saturated rings. The second-order valence-electron chi connectivity index (χ2n) is 7.04. The van der Waals surface area contributed by atoms with Gasteiger partial charge in [-0.3, -0.25) is 4.79 Å². The molecule has 0 spiro atoms. The van der Waals surface area contributed by atoms with Crippen LogP contribution < -0.4 is 5.32 Å². The van der Waals surface area contributed by atoms with E-state index in [-0.39, 0.29) is 5.91 Å². The highest BCUT2D eigenvalue weighted by Gasteiger charge is 2.20. The van der Waals surface area contributed by atoms with E-state index < -0.39 is 0 Å². The maximum absolute atomic E-state index is 12.8. The molecule has 1 N–H and O–H groups in total. The molecule has 1 aliphatic carbocycles. The third-order valence-electron chi connectivity index (χ3n) is 5.26. The summed E-state index contributed by atoms with van der Waals surface area (Å²) in [5.74, 6) is 1.45. The Hall–Kier alpha value is -2.96. The summed E-state index contributed by atoms with van der Waals surface area (Å²) in [5, 5.41) is 11.3. The minimum atomic E-state index is -0.133. The zero-order valence-corrected chi connectivity index (χ0v) is 15.5. The predicted molar refractivity (Wildman–Crippen MR) is 102 cm³/mol. The Morgan fingerprint density at radius 2 is 2.04 bits per heavy atom. The van der Waals surface area contributed by atoms with Crippen LogP contribution >= 0.6 is 0 Å². The SMILES string of the molecule is Cn1ccnc1-c1ccccc1C(=O)NCc1nncn1C1CCCCC1. The van der Waals surface area contributed by atoms with Crippen molar-refractivity contribution in [2.45, 2.75) is 44.7 Å². The third kappa shape index (κ3) is 3.63. The van der Waals surface area contributed by atoms with Crippen LogP contribution in [0.4, 0.5) is 0 Å². The van der Waals surface area contributed by atoms with Crippen LogP contribution in [0.1, 0.15) is 54.3 Å². The first-order valence-electron chi connectivity index (χ1n) is 9.47. The molecule has 7 nitrogen and oxygen atoms in total. The summed E-state index contributed by atoms with van der Waals surface area (Å²) in [4.78, 5) is 17.2. The normalized spacial score (nSPS) is 15.0. The molecule has 2 heterocycles. The Bertz CT molecular complexity index is 922. The molecule has 0 radical (unpaired) electrons. The highest BCUT2D eigenvalue weighted by molar-refractivity contribution is 6.00. The van der Waals surface area contributed by atoms with Gasteiger partial charge in [-0.25, -0.2) is 4.98 Å². The van der Waals surface area contributed by atoms with Gasteiger partial charge in [-0.15, -0.1) is 10.2 Å². The fraction of sp³-hybridized carbons (Fsp3) is 0.400. The van der Waals surface area contributed by atoms with Crippen LogP contribution in [0.2, 0.25) is 0 Å². The van der Waals surface area contributed by atoms with Gasteiger partial charge in [-0.1, -0.05) is 37.5 Å². The van der Waals surface area contributed by atoms with Crippen LogP contribution in [0.15, 0.2) is 43.0 Å². The number of aryl methyl sites for hydroxylation is 1. The number of imidazole rings is 1. The van der Waals surface area contributed by atoms with Crippen molar-refractivity contribution < 1.29 is 4.79 Å². The number of amides is 1. The van der Waals surface area contributed by atoms with E-state index in [1.807, 2.05) is 42.1 Å². The molecule has 1 aliphatic rings. The Balaban J connectivity index is 1.50. The average molecular weight is 364 g/mol. The quantitative estimate of drug-likeness (QED) is 0.754. The van der Waals surface area contributed by atoms with Crippen molar-refractivity contribution in [1.29, 1.82) is 0 Å². The number of nitrogens with zero attached hydrogens (tertiary/aromatic N) is 5. The maximum Gasteiger partial charge on any atom is 0.252 e. The minimum absolute atomic E-state index is 0.133. The lowest BCUT2D eigenvalue weighted by atomic mass is 9.95. The summed E-state index contributed by atoms with van der Waals surface area (Å²) >= 11 is 0. The molecule has 27 heavy (non-hydrogen) atoms. The summed E-state index contributed by atoms with van der Waals surface area (Å²) in [6.45, 7) is 0.365. The fourth-order valence-corrected chi connectivity index (χ4v) is 3.81. The van der Waals surface area contributed by atoms with E-state index in [0.717, 1.165) is 30.1 Å². The molecule has 2 aromatic heterocycles. The van der Waals surface area contributed by atoms with Gasteiger partial charge in [0.2, 0.25) is 0 Å². The second-order valence-corrected chi connectivity index (χ2v) is 7.04. The molecule has 4 rings (SSSR count). The van der Waals surface area contributed by atoms with Gasteiger partial charge in [0.05, 0.1) is 12.1 Å². The summed E-state index contributed by atoms with van der Waals surface area (Å²) in [6, 6.07) is 7.97. The van der Waals surface area contributed by atoms with E-state index in [1.165, 1.54) is 19.3 Å². The molecule has 1 aromatic carbocycles. The number of hydrogen-bond acceptors (Lipinski definition) is 4. The van der Waals surface area contributed by atoms with E-state index in [2.05, 4.69) is 25.1 Å². The van der Waals surface area contributed by atoms with Crippen molar-refractivity contribution >= 4 is 5.91 Å². The van der Waals surface area contributed by atoms with E-state index >= 15 is 0 Å². The highest BCUT2D eigenvalue weighted by Crippen LogP contribution is 2.28. The van der Waals surface area contributed by atoms with E-state index in [0.29, 0.717) is 18.2 Å². The number of aromatic nitrogens is 5. The number of carbonyl (C=O) groups is 1. The Morgan fingerprint density at radius 1 is 1.22 bits per heavy atom. The molecule has 0 aliphatic heterocycles. The lowest BCUT2D eigenvalue weighted by molar-refractivity contribution is 0.0949. The highest BCUT2D eigenvalue weighted by atomic mass is 16.1. The van der Waals surface area contributed by atoms with Crippen LogP contribution in [-0.2, 0) is 13.6 Å². The van der Waals surface area contributed by atoms with Gasteiger partial charge < -0.3 is 14.5 Å². The van der Waals surface area contributed by atoms with Gasteiger partial charge in [-0.2, -0.15) is 0 Å². The molecule has 0 atom stereocenters. The number of nitrogens with one attached hydrogen (secondary N) is 1. The lowest BCUT2D eigenvalue weighted by Crippen LogP contribution is -2.26. The molecule has 3 aromatic rings. The summed E-state index contributed by atoms with van der Waals surface area (Å²) in [5.41, 5.74) is 1.42. The summed E-state index contributed by atoms with van der Waals surface area (Å²) in [7, 11) is 1.92. The third-order valence-corrected chi connectivity index (χ3v) is 5.26. The van der Waals surface area contributed by atoms with Crippen molar-refractivity contribution in [3.05, 3.63) is 54.4 Å². The van der Waals surface area contributed by atoms with E-state index in [9.17, 15) is 4.79 Å². The molecule has 140 valence electrons. The van der Waals surface area contributed by atoms with Crippen LogP contribution in [0.25, 0.3) is 11.4 Å². The van der Waals surface area contributed by atoms with Crippen molar-refractivity contribution in [1.82, 2.24) is 29.6 Å². The number of rotatable bonds is 5.